The molecule has 1 aliphatic rings. The van der Waals surface area contributed by atoms with Crippen LogP contribution in [0.25, 0.3) is 33.5 Å². The average Bonchev–Trinajstić information content (AvgIpc) is 3.12. The lowest BCUT2D eigenvalue weighted by atomic mass is 10.1. The number of nitrogens with zero attached hydrogens (tertiary/aromatic N) is 1. The van der Waals surface area contributed by atoms with Gasteiger partial charge in [0, 0.05) is 11.5 Å². The number of hydrogen-bond acceptors (Lipinski definition) is 6. The van der Waals surface area contributed by atoms with Crippen LogP contribution >= 0.6 is 0 Å². The van der Waals surface area contributed by atoms with E-state index >= 15 is 0 Å². The molecule has 6 nitrogen and oxygen atoms in total. The van der Waals surface area contributed by atoms with Gasteiger partial charge in [-0.05, 0) is 56.3 Å². The SMILES string of the molecule is O=c1oc2cc(OC3CCNCC3)ccc2cc1-c1nc2ccccc2o1. The molecule has 0 amide bonds. The van der Waals surface area contributed by atoms with Crippen molar-refractivity contribution in [2.45, 2.75) is 18.9 Å². The van der Waals surface area contributed by atoms with Gasteiger partial charge in [0.25, 0.3) is 0 Å². The summed E-state index contributed by atoms with van der Waals surface area (Å²) < 4.78 is 17.3. The lowest BCUT2D eigenvalue weighted by Crippen LogP contribution is -2.34. The highest BCUT2D eigenvalue weighted by Crippen LogP contribution is 2.27. The second kappa shape index (κ2) is 6.55. The van der Waals surface area contributed by atoms with Crippen LogP contribution < -0.4 is 15.7 Å². The van der Waals surface area contributed by atoms with Crippen molar-refractivity contribution in [2.24, 2.45) is 0 Å². The maximum Gasteiger partial charge on any atom is 0.349 e. The van der Waals surface area contributed by atoms with Crippen molar-refractivity contribution in [2.75, 3.05) is 13.1 Å². The molecular weight excluding hydrogens is 344 g/mol. The molecule has 2 aromatic heterocycles. The zero-order valence-electron chi connectivity index (χ0n) is 14.6. The van der Waals surface area contributed by atoms with Crippen LogP contribution in [-0.4, -0.2) is 24.2 Å². The Kier molecular flexibility index (Phi) is 3.90. The van der Waals surface area contributed by atoms with Crippen molar-refractivity contribution >= 4 is 22.1 Å². The minimum absolute atomic E-state index is 0.189. The average molecular weight is 362 g/mol. The largest absolute Gasteiger partial charge is 0.490 e. The van der Waals surface area contributed by atoms with Crippen LogP contribution in [0.4, 0.5) is 0 Å². The van der Waals surface area contributed by atoms with Crippen molar-refractivity contribution in [3.05, 3.63) is 59.0 Å². The number of piperidine rings is 1. The number of rotatable bonds is 3. The van der Waals surface area contributed by atoms with Gasteiger partial charge in [-0.25, -0.2) is 9.78 Å². The van der Waals surface area contributed by atoms with E-state index < -0.39 is 5.63 Å². The summed E-state index contributed by atoms with van der Waals surface area (Å²) in [5, 5.41) is 4.11. The zero-order chi connectivity index (χ0) is 18.2. The van der Waals surface area contributed by atoms with E-state index in [0.29, 0.717) is 28.0 Å². The van der Waals surface area contributed by atoms with Crippen LogP contribution in [0.1, 0.15) is 12.8 Å². The number of aromatic nitrogens is 1. The normalized spacial score (nSPS) is 15.4. The summed E-state index contributed by atoms with van der Waals surface area (Å²) in [4.78, 5) is 16.9. The molecule has 0 radical (unpaired) electrons. The van der Waals surface area contributed by atoms with Gasteiger partial charge < -0.3 is 18.9 Å². The molecule has 136 valence electrons. The lowest BCUT2D eigenvalue weighted by Gasteiger charge is -2.23. The first-order valence-electron chi connectivity index (χ1n) is 9.07. The summed E-state index contributed by atoms with van der Waals surface area (Å²) in [5.41, 5.74) is 1.67. The number of ether oxygens (including phenoxy) is 1. The summed E-state index contributed by atoms with van der Waals surface area (Å²) >= 11 is 0. The summed E-state index contributed by atoms with van der Waals surface area (Å²) in [5.74, 6) is 0.981. The Hall–Kier alpha value is -3.12. The molecule has 0 bridgehead atoms. The van der Waals surface area contributed by atoms with Gasteiger partial charge in [0.2, 0.25) is 5.89 Å². The summed E-state index contributed by atoms with van der Waals surface area (Å²) in [7, 11) is 0. The number of benzene rings is 2. The van der Waals surface area contributed by atoms with E-state index in [1.54, 1.807) is 12.1 Å². The van der Waals surface area contributed by atoms with Gasteiger partial charge >= 0.3 is 5.63 Å². The number of oxazole rings is 1. The number of hydrogen-bond donors (Lipinski definition) is 1. The first kappa shape index (κ1) is 16.1. The van der Waals surface area contributed by atoms with E-state index in [-0.39, 0.29) is 12.0 Å². The Morgan fingerprint density at radius 2 is 1.85 bits per heavy atom. The second-order valence-corrected chi connectivity index (χ2v) is 6.70. The smallest absolute Gasteiger partial charge is 0.349 e. The minimum Gasteiger partial charge on any atom is -0.490 e. The third-order valence-corrected chi connectivity index (χ3v) is 4.82. The standard InChI is InChI=1S/C21H18N2O4/c24-21-16(20-23-17-3-1-2-4-18(17)26-20)11-13-5-6-15(12-19(13)27-21)25-14-7-9-22-10-8-14/h1-6,11-12,14,22H,7-10H2. The molecule has 0 spiro atoms. The van der Waals surface area contributed by atoms with Gasteiger partial charge in [0.15, 0.2) is 5.58 Å². The topological polar surface area (TPSA) is 77.5 Å². The molecule has 0 atom stereocenters. The van der Waals surface area contributed by atoms with E-state index in [1.165, 1.54) is 0 Å². The first-order chi connectivity index (χ1) is 13.3. The Morgan fingerprint density at radius 1 is 1.00 bits per heavy atom. The van der Waals surface area contributed by atoms with Crippen molar-refractivity contribution in [3.63, 3.8) is 0 Å². The van der Waals surface area contributed by atoms with Gasteiger partial charge in [-0.1, -0.05) is 12.1 Å². The third-order valence-electron chi connectivity index (χ3n) is 4.82. The van der Waals surface area contributed by atoms with Crippen molar-refractivity contribution < 1.29 is 13.6 Å². The molecule has 6 heteroatoms. The molecule has 0 unspecified atom stereocenters. The van der Waals surface area contributed by atoms with Gasteiger partial charge in [-0.3, -0.25) is 0 Å². The highest BCUT2D eigenvalue weighted by Gasteiger charge is 2.17. The Bertz CT molecular complexity index is 1140. The van der Waals surface area contributed by atoms with E-state index in [4.69, 9.17) is 13.6 Å². The second-order valence-electron chi connectivity index (χ2n) is 6.70. The fourth-order valence-electron chi connectivity index (χ4n) is 3.41. The highest BCUT2D eigenvalue weighted by atomic mass is 16.5. The molecule has 0 saturated carbocycles. The summed E-state index contributed by atoms with van der Waals surface area (Å²) in [6.07, 6.45) is 2.13. The van der Waals surface area contributed by atoms with Gasteiger partial charge in [0.1, 0.15) is 28.5 Å². The highest BCUT2D eigenvalue weighted by molar-refractivity contribution is 5.83. The van der Waals surface area contributed by atoms with E-state index in [0.717, 1.165) is 31.3 Å². The predicted octanol–water partition coefficient (Wildman–Crippen LogP) is 3.73. The molecule has 0 aliphatic carbocycles. The lowest BCUT2D eigenvalue weighted by molar-refractivity contribution is 0.162. The molecule has 4 aromatic rings. The van der Waals surface area contributed by atoms with Crippen LogP contribution in [0.5, 0.6) is 5.75 Å². The van der Waals surface area contributed by atoms with Crippen molar-refractivity contribution in [1.29, 1.82) is 0 Å². The van der Waals surface area contributed by atoms with Crippen LogP contribution in [0.3, 0.4) is 0 Å². The molecule has 1 aliphatic heterocycles. The van der Waals surface area contributed by atoms with Gasteiger partial charge in [-0.2, -0.15) is 0 Å². The van der Waals surface area contributed by atoms with Gasteiger partial charge in [-0.15, -0.1) is 0 Å². The van der Waals surface area contributed by atoms with Crippen LogP contribution in [0, 0.1) is 0 Å². The van der Waals surface area contributed by atoms with Crippen LogP contribution in [0.2, 0.25) is 0 Å². The monoisotopic (exact) mass is 362 g/mol. The summed E-state index contributed by atoms with van der Waals surface area (Å²) in [6.45, 7) is 1.92. The third kappa shape index (κ3) is 3.08. The van der Waals surface area contributed by atoms with Crippen molar-refractivity contribution in [3.8, 4) is 17.2 Å². The van der Waals surface area contributed by atoms with E-state index in [9.17, 15) is 4.79 Å². The van der Waals surface area contributed by atoms with Crippen LogP contribution in [-0.2, 0) is 0 Å². The molecule has 1 N–H and O–H groups in total. The van der Waals surface area contributed by atoms with Gasteiger partial charge in [0.05, 0.1) is 0 Å². The number of fused-ring (bicyclic) bond motifs is 2. The van der Waals surface area contributed by atoms with Crippen LogP contribution in [0.15, 0.2) is 62.2 Å². The molecular formula is C21H18N2O4. The molecule has 5 rings (SSSR count). The number of para-hydroxylation sites is 2. The van der Waals surface area contributed by atoms with E-state index in [1.807, 2.05) is 36.4 Å². The van der Waals surface area contributed by atoms with E-state index in [2.05, 4.69) is 10.3 Å². The Balaban J connectivity index is 1.51. The number of nitrogens with one attached hydrogen (secondary N) is 1. The fraction of sp³-hybridized carbons (Fsp3) is 0.238. The maximum absolute atomic E-state index is 12.5. The molecule has 27 heavy (non-hydrogen) atoms. The minimum atomic E-state index is -0.479. The Morgan fingerprint density at radius 3 is 2.70 bits per heavy atom. The zero-order valence-corrected chi connectivity index (χ0v) is 14.6. The molecule has 1 saturated heterocycles. The Labute approximate surface area is 154 Å². The molecule has 3 heterocycles. The maximum atomic E-state index is 12.5. The predicted molar refractivity (Wildman–Crippen MR) is 102 cm³/mol. The molecule has 2 aromatic carbocycles. The quantitative estimate of drug-likeness (QED) is 0.560. The summed E-state index contributed by atoms with van der Waals surface area (Å²) in [6, 6.07) is 14.7. The fourth-order valence-corrected chi connectivity index (χ4v) is 3.41. The van der Waals surface area contributed by atoms with Crippen molar-refractivity contribution in [1.82, 2.24) is 10.3 Å². The molecule has 1 fully saturated rings. The first-order valence-corrected chi connectivity index (χ1v) is 9.07.